The molecular weight excluding hydrogens is 222 g/mol. The van der Waals surface area contributed by atoms with Gasteiger partial charge in [-0.05, 0) is 12.5 Å². The highest BCUT2D eigenvalue weighted by molar-refractivity contribution is 5.98. The summed E-state index contributed by atoms with van der Waals surface area (Å²) in [5, 5.41) is 2.90. The van der Waals surface area contributed by atoms with Gasteiger partial charge in [0.1, 0.15) is 5.82 Å². The predicted molar refractivity (Wildman–Crippen MR) is 64.1 cm³/mol. The molecule has 7 N–H and O–H groups in total. The van der Waals surface area contributed by atoms with Gasteiger partial charge in [0, 0.05) is 13.0 Å². The van der Waals surface area contributed by atoms with E-state index in [9.17, 15) is 9.59 Å². The number of carbonyl (C=O) groups is 2. The molecule has 0 radical (unpaired) electrons. The largest absolute Gasteiger partial charge is 0.397 e. The van der Waals surface area contributed by atoms with Gasteiger partial charge in [-0.3, -0.25) is 9.59 Å². The topological polar surface area (TPSA) is 137 Å². The maximum Gasteiger partial charge on any atom is 0.252 e. The lowest BCUT2D eigenvalue weighted by atomic mass is 10.2. The van der Waals surface area contributed by atoms with Crippen LogP contribution in [0.25, 0.3) is 0 Å². The number of aromatic nitrogens is 1. The van der Waals surface area contributed by atoms with Gasteiger partial charge in [0.25, 0.3) is 5.91 Å². The molecule has 0 aliphatic rings. The summed E-state index contributed by atoms with van der Waals surface area (Å²) in [5.74, 6) is -0.620. The monoisotopic (exact) mass is 237 g/mol. The predicted octanol–water partition coefficient (Wildman–Crippen LogP) is -0.560. The maximum absolute atomic E-state index is 11.1. The summed E-state index contributed by atoms with van der Waals surface area (Å²) >= 11 is 0. The SMILES string of the molecule is NC(=O)CCCNc1ncc(N)cc1C(N)=O. The number of amides is 2. The van der Waals surface area contributed by atoms with Crippen LogP contribution in [-0.2, 0) is 4.79 Å². The van der Waals surface area contributed by atoms with Crippen LogP contribution in [0.4, 0.5) is 11.5 Å². The van der Waals surface area contributed by atoms with Crippen LogP contribution in [0.15, 0.2) is 12.3 Å². The molecule has 0 aliphatic carbocycles. The van der Waals surface area contributed by atoms with E-state index in [0.717, 1.165) is 0 Å². The molecule has 2 amide bonds. The Kier molecular flexibility index (Phi) is 4.27. The van der Waals surface area contributed by atoms with Gasteiger partial charge in [0.2, 0.25) is 5.91 Å². The number of hydrogen-bond donors (Lipinski definition) is 4. The van der Waals surface area contributed by atoms with Crippen LogP contribution < -0.4 is 22.5 Å². The van der Waals surface area contributed by atoms with Crippen LogP contribution in [-0.4, -0.2) is 23.3 Å². The Morgan fingerprint density at radius 3 is 2.65 bits per heavy atom. The zero-order valence-electron chi connectivity index (χ0n) is 9.27. The number of nitrogens with zero attached hydrogens (tertiary/aromatic N) is 1. The Morgan fingerprint density at radius 1 is 1.35 bits per heavy atom. The fraction of sp³-hybridized carbons (Fsp3) is 0.300. The van der Waals surface area contributed by atoms with Gasteiger partial charge in [0.05, 0.1) is 17.4 Å². The minimum atomic E-state index is -0.609. The van der Waals surface area contributed by atoms with E-state index in [4.69, 9.17) is 17.2 Å². The number of anilines is 2. The summed E-state index contributed by atoms with van der Waals surface area (Å²) in [6, 6.07) is 1.45. The van der Waals surface area contributed by atoms with Crippen molar-refractivity contribution >= 4 is 23.3 Å². The number of primary amides is 2. The first-order valence-corrected chi connectivity index (χ1v) is 5.08. The molecule has 0 aliphatic heterocycles. The van der Waals surface area contributed by atoms with Crippen molar-refractivity contribution in [1.82, 2.24) is 4.98 Å². The van der Waals surface area contributed by atoms with Crippen molar-refractivity contribution in [2.45, 2.75) is 12.8 Å². The summed E-state index contributed by atoms with van der Waals surface area (Å²) in [6.45, 7) is 0.472. The zero-order chi connectivity index (χ0) is 12.8. The summed E-state index contributed by atoms with van der Waals surface area (Å²) in [7, 11) is 0. The molecule has 0 fully saturated rings. The fourth-order valence-electron chi connectivity index (χ4n) is 1.28. The molecule has 0 saturated carbocycles. The maximum atomic E-state index is 11.1. The van der Waals surface area contributed by atoms with Crippen LogP contribution in [0, 0.1) is 0 Å². The molecule has 1 aromatic rings. The van der Waals surface area contributed by atoms with Gasteiger partial charge < -0.3 is 22.5 Å². The lowest BCUT2D eigenvalue weighted by Gasteiger charge is -2.08. The minimum absolute atomic E-state index is 0.226. The number of nitrogens with one attached hydrogen (secondary N) is 1. The molecule has 0 bridgehead atoms. The quantitative estimate of drug-likeness (QED) is 0.491. The second-order valence-electron chi connectivity index (χ2n) is 3.53. The highest BCUT2D eigenvalue weighted by atomic mass is 16.1. The van der Waals surface area contributed by atoms with Crippen LogP contribution >= 0.6 is 0 Å². The van der Waals surface area contributed by atoms with Gasteiger partial charge in [-0.15, -0.1) is 0 Å². The van der Waals surface area contributed by atoms with Crippen molar-refractivity contribution in [1.29, 1.82) is 0 Å². The zero-order valence-corrected chi connectivity index (χ0v) is 9.27. The van der Waals surface area contributed by atoms with Crippen LogP contribution in [0.5, 0.6) is 0 Å². The summed E-state index contributed by atoms with van der Waals surface area (Å²) < 4.78 is 0. The summed E-state index contributed by atoms with van der Waals surface area (Å²) in [6.07, 6.45) is 2.25. The van der Waals surface area contributed by atoms with Crippen molar-refractivity contribution in [3.05, 3.63) is 17.8 Å². The lowest BCUT2D eigenvalue weighted by molar-refractivity contribution is -0.118. The van der Waals surface area contributed by atoms with Crippen molar-refractivity contribution < 1.29 is 9.59 Å². The molecule has 92 valence electrons. The lowest BCUT2D eigenvalue weighted by Crippen LogP contribution is -2.17. The number of rotatable bonds is 6. The molecule has 1 aromatic heterocycles. The van der Waals surface area contributed by atoms with Gasteiger partial charge in [-0.2, -0.15) is 0 Å². The third kappa shape index (κ3) is 3.98. The number of carbonyl (C=O) groups excluding carboxylic acids is 2. The standard InChI is InChI=1S/C10H15N5O2/c11-6-4-7(9(13)17)10(15-5-6)14-3-1-2-8(12)16/h4-5H,1-3,11H2,(H2,12,16)(H2,13,17)(H,14,15). The van der Waals surface area contributed by atoms with Crippen molar-refractivity contribution in [2.24, 2.45) is 11.5 Å². The van der Waals surface area contributed by atoms with Crippen LogP contribution in [0.2, 0.25) is 0 Å². The molecule has 0 saturated heterocycles. The molecule has 0 atom stereocenters. The first kappa shape index (κ1) is 12.8. The highest BCUT2D eigenvalue weighted by Gasteiger charge is 2.09. The van der Waals surface area contributed by atoms with Gasteiger partial charge in [-0.25, -0.2) is 4.98 Å². The minimum Gasteiger partial charge on any atom is -0.397 e. The first-order chi connectivity index (χ1) is 8.00. The first-order valence-electron chi connectivity index (χ1n) is 5.08. The van der Waals surface area contributed by atoms with E-state index in [-0.39, 0.29) is 17.9 Å². The van der Waals surface area contributed by atoms with Crippen molar-refractivity contribution in [3.63, 3.8) is 0 Å². The van der Waals surface area contributed by atoms with Gasteiger partial charge >= 0.3 is 0 Å². The van der Waals surface area contributed by atoms with E-state index in [1.54, 1.807) is 0 Å². The summed E-state index contributed by atoms with van der Waals surface area (Å²) in [4.78, 5) is 25.6. The molecular formula is C10H15N5O2. The average Bonchev–Trinajstić information content (AvgIpc) is 2.25. The molecule has 17 heavy (non-hydrogen) atoms. The number of hydrogen-bond acceptors (Lipinski definition) is 5. The van der Waals surface area contributed by atoms with E-state index < -0.39 is 5.91 Å². The second-order valence-corrected chi connectivity index (χ2v) is 3.53. The third-order valence-corrected chi connectivity index (χ3v) is 2.07. The van der Waals surface area contributed by atoms with E-state index in [1.807, 2.05) is 0 Å². The molecule has 7 heteroatoms. The van der Waals surface area contributed by atoms with Crippen LogP contribution in [0.1, 0.15) is 23.2 Å². The number of nitrogen functional groups attached to an aromatic ring is 1. The normalized spacial score (nSPS) is 9.88. The Balaban J connectivity index is 2.64. The molecule has 1 heterocycles. The second kappa shape index (κ2) is 5.69. The van der Waals surface area contributed by atoms with E-state index in [1.165, 1.54) is 12.3 Å². The summed E-state index contributed by atoms with van der Waals surface area (Å²) in [5.41, 5.74) is 16.3. The van der Waals surface area contributed by atoms with E-state index in [2.05, 4.69) is 10.3 Å². The van der Waals surface area contributed by atoms with Crippen molar-refractivity contribution in [2.75, 3.05) is 17.6 Å². The van der Waals surface area contributed by atoms with Crippen molar-refractivity contribution in [3.8, 4) is 0 Å². The number of pyridine rings is 1. The molecule has 0 unspecified atom stereocenters. The highest BCUT2D eigenvalue weighted by Crippen LogP contribution is 2.14. The van der Waals surface area contributed by atoms with Gasteiger partial charge in [0.15, 0.2) is 0 Å². The van der Waals surface area contributed by atoms with E-state index >= 15 is 0 Å². The molecule has 7 nitrogen and oxygen atoms in total. The number of nitrogens with two attached hydrogens (primary N) is 3. The molecule has 0 aromatic carbocycles. The Labute approximate surface area is 98.4 Å². The van der Waals surface area contributed by atoms with E-state index in [0.29, 0.717) is 24.5 Å². The molecule has 0 spiro atoms. The van der Waals surface area contributed by atoms with Gasteiger partial charge in [-0.1, -0.05) is 0 Å². The Bertz CT molecular complexity index is 433. The Hall–Kier alpha value is -2.31. The van der Waals surface area contributed by atoms with Crippen LogP contribution in [0.3, 0.4) is 0 Å². The smallest absolute Gasteiger partial charge is 0.252 e. The molecule has 1 rings (SSSR count). The Morgan fingerprint density at radius 2 is 2.06 bits per heavy atom. The average molecular weight is 237 g/mol. The fourth-order valence-corrected chi connectivity index (χ4v) is 1.28. The third-order valence-electron chi connectivity index (χ3n) is 2.07.